The lowest BCUT2D eigenvalue weighted by atomic mass is 9.83. The summed E-state index contributed by atoms with van der Waals surface area (Å²) in [5.74, 6) is 0.394. The average Bonchev–Trinajstić information content (AvgIpc) is 2.30. The second kappa shape index (κ2) is 5.22. The van der Waals surface area contributed by atoms with Crippen molar-refractivity contribution in [2.45, 2.75) is 50.2 Å². The highest BCUT2D eigenvalue weighted by Crippen LogP contribution is 2.35. The predicted molar refractivity (Wildman–Crippen MR) is 69.6 cm³/mol. The molecule has 1 aromatic rings. The molecule has 0 saturated heterocycles. The van der Waals surface area contributed by atoms with Crippen LogP contribution in [0.1, 0.15) is 61.3 Å². The molecule has 1 unspecified atom stereocenters. The molecule has 88 valence electrons. The maximum Gasteiger partial charge on any atom is 0.126 e. The molecule has 0 N–H and O–H groups in total. The molecular weight excluding hydrogens is 219 g/mol. The van der Waals surface area contributed by atoms with E-state index in [0.29, 0.717) is 5.92 Å². The molecule has 0 radical (unpaired) electrons. The molecule has 1 saturated carbocycles. The normalized spacial score (nSPS) is 19.7. The summed E-state index contributed by atoms with van der Waals surface area (Å²) >= 11 is 4.41. The molecule has 0 bridgehead atoms. The Morgan fingerprint density at radius 3 is 2.56 bits per heavy atom. The minimum Gasteiger partial charge on any atom is -0.207 e. The van der Waals surface area contributed by atoms with E-state index in [9.17, 15) is 4.39 Å². The van der Waals surface area contributed by atoms with Crippen LogP contribution >= 0.6 is 12.6 Å². The van der Waals surface area contributed by atoms with Gasteiger partial charge in [-0.1, -0.05) is 31.4 Å². The SMILES string of the molecule is CC(S)c1ccc(F)c(C2CCCCC2)c1. The van der Waals surface area contributed by atoms with Gasteiger partial charge in [0.25, 0.3) is 0 Å². The molecule has 2 heteroatoms. The highest BCUT2D eigenvalue weighted by molar-refractivity contribution is 7.80. The molecule has 1 aliphatic rings. The third-order valence-corrected chi connectivity index (χ3v) is 3.85. The summed E-state index contributed by atoms with van der Waals surface area (Å²) in [7, 11) is 0. The number of rotatable bonds is 2. The molecule has 2 rings (SSSR count). The van der Waals surface area contributed by atoms with E-state index in [1.807, 2.05) is 19.1 Å². The van der Waals surface area contributed by atoms with Gasteiger partial charge in [0.2, 0.25) is 0 Å². The summed E-state index contributed by atoms with van der Waals surface area (Å²) in [5, 5.41) is 0.183. The van der Waals surface area contributed by atoms with Gasteiger partial charge in [0.1, 0.15) is 5.82 Å². The van der Waals surface area contributed by atoms with Crippen LogP contribution in [0.25, 0.3) is 0 Å². The fourth-order valence-corrected chi connectivity index (χ4v) is 2.71. The van der Waals surface area contributed by atoms with Crippen molar-refractivity contribution in [3.63, 3.8) is 0 Å². The standard InChI is InChI=1S/C14H19FS/c1-10(16)12-7-8-14(15)13(9-12)11-5-3-2-4-6-11/h7-11,16H,2-6H2,1H3. The number of thiol groups is 1. The first kappa shape index (κ1) is 12.0. The largest absolute Gasteiger partial charge is 0.207 e. The minimum atomic E-state index is -0.0374. The van der Waals surface area contributed by atoms with E-state index in [4.69, 9.17) is 0 Å². The van der Waals surface area contributed by atoms with Crippen molar-refractivity contribution in [1.82, 2.24) is 0 Å². The predicted octanol–water partition coefficient (Wildman–Crippen LogP) is 4.86. The molecule has 0 nitrogen and oxygen atoms in total. The van der Waals surface area contributed by atoms with Crippen molar-refractivity contribution in [2.24, 2.45) is 0 Å². The van der Waals surface area contributed by atoms with Gasteiger partial charge in [0.05, 0.1) is 0 Å². The summed E-state index contributed by atoms with van der Waals surface area (Å²) in [6.07, 6.45) is 6.07. The van der Waals surface area contributed by atoms with Crippen LogP contribution in [0.3, 0.4) is 0 Å². The highest BCUT2D eigenvalue weighted by Gasteiger charge is 2.19. The first-order chi connectivity index (χ1) is 7.68. The average molecular weight is 238 g/mol. The maximum atomic E-state index is 13.8. The molecular formula is C14H19FS. The van der Waals surface area contributed by atoms with Gasteiger partial charge in [-0.25, -0.2) is 4.39 Å². The van der Waals surface area contributed by atoms with Crippen molar-refractivity contribution in [3.8, 4) is 0 Å². The molecule has 0 amide bonds. The van der Waals surface area contributed by atoms with Crippen LogP contribution in [0.5, 0.6) is 0 Å². The summed E-state index contributed by atoms with van der Waals surface area (Å²) in [4.78, 5) is 0. The molecule has 1 fully saturated rings. The van der Waals surface area contributed by atoms with Crippen LogP contribution in [-0.2, 0) is 0 Å². The van der Waals surface area contributed by atoms with E-state index in [1.54, 1.807) is 6.07 Å². The zero-order valence-electron chi connectivity index (χ0n) is 9.75. The van der Waals surface area contributed by atoms with Crippen molar-refractivity contribution < 1.29 is 4.39 Å². The number of hydrogen-bond donors (Lipinski definition) is 1. The Morgan fingerprint density at radius 2 is 1.94 bits per heavy atom. The van der Waals surface area contributed by atoms with Crippen LogP contribution in [0.2, 0.25) is 0 Å². The van der Waals surface area contributed by atoms with Gasteiger partial charge in [-0.15, -0.1) is 0 Å². The van der Waals surface area contributed by atoms with E-state index in [2.05, 4.69) is 12.6 Å². The monoisotopic (exact) mass is 238 g/mol. The van der Waals surface area contributed by atoms with Crippen molar-refractivity contribution in [2.75, 3.05) is 0 Å². The quantitative estimate of drug-likeness (QED) is 0.699. The molecule has 0 heterocycles. The Hall–Kier alpha value is -0.500. The Morgan fingerprint density at radius 1 is 1.25 bits per heavy atom. The van der Waals surface area contributed by atoms with Crippen LogP contribution in [0, 0.1) is 5.82 Å². The van der Waals surface area contributed by atoms with E-state index in [1.165, 1.54) is 19.3 Å². The van der Waals surface area contributed by atoms with Gasteiger partial charge < -0.3 is 0 Å². The first-order valence-electron chi connectivity index (χ1n) is 6.16. The molecule has 1 atom stereocenters. The molecule has 16 heavy (non-hydrogen) atoms. The lowest BCUT2D eigenvalue weighted by Gasteiger charge is -2.23. The number of hydrogen-bond acceptors (Lipinski definition) is 1. The molecule has 1 aliphatic carbocycles. The fraction of sp³-hybridized carbons (Fsp3) is 0.571. The van der Waals surface area contributed by atoms with E-state index in [-0.39, 0.29) is 11.1 Å². The fourth-order valence-electron chi connectivity index (χ4n) is 2.55. The van der Waals surface area contributed by atoms with Gasteiger partial charge in [0.15, 0.2) is 0 Å². The van der Waals surface area contributed by atoms with Crippen LogP contribution in [0.15, 0.2) is 18.2 Å². The second-order valence-corrected chi connectivity index (χ2v) is 5.57. The summed E-state index contributed by atoms with van der Waals surface area (Å²) in [5.41, 5.74) is 2.04. The lowest BCUT2D eigenvalue weighted by molar-refractivity contribution is 0.429. The third kappa shape index (κ3) is 2.60. The van der Waals surface area contributed by atoms with E-state index < -0.39 is 0 Å². The Balaban J connectivity index is 2.27. The van der Waals surface area contributed by atoms with Gasteiger partial charge in [-0.2, -0.15) is 12.6 Å². The summed E-state index contributed by atoms with van der Waals surface area (Å²) < 4.78 is 13.8. The lowest BCUT2D eigenvalue weighted by Crippen LogP contribution is -2.07. The third-order valence-electron chi connectivity index (χ3n) is 3.55. The van der Waals surface area contributed by atoms with Gasteiger partial charge >= 0.3 is 0 Å². The number of halogens is 1. The number of benzene rings is 1. The van der Waals surface area contributed by atoms with Crippen molar-refractivity contribution in [1.29, 1.82) is 0 Å². The molecule has 1 aromatic carbocycles. The Kier molecular flexibility index (Phi) is 3.91. The molecule has 0 spiro atoms. The zero-order chi connectivity index (χ0) is 11.5. The van der Waals surface area contributed by atoms with Crippen LogP contribution < -0.4 is 0 Å². The van der Waals surface area contributed by atoms with E-state index >= 15 is 0 Å². The Bertz CT molecular complexity index is 354. The first-order valence-corrected chi connectivity index (χ1v) is 6.67. The highest BCUT2D eigenvalue weighted by atomic mass is 32.1. The van der Waals surface area contributed by atoms with Crippen LogP contribution in [0.4, 0.5) is 4.39 Å². The minimum absolute atomic E-state index is 0.0374. The molecule has 0 aromatic heterocycles. The smallest absolute Gasteiger partial charge is 0.126 e. The van der Waals surface area contributed by atoms with Gasteiger partial charge in [-0.3, -0.25) is 0 Å². The Labute approximate surface area is 103 Å². The van der Waals surface area contributed by atoms with Crippen molar-refractivity contribution in [3.05, 3.63) is 35.1 Å². The van der Waals surface area contributed by atoms with Crippen molar-refractivity contribution >= 4 is 12.6 Å². The second-order valence-electron chi connectivity index (χ2n) is 4.79. The van der Waals surface area contributed by atoms with E-state index in [0.717, 1.165) is 24.0 Å². The molecule has 0 aliphatic heterocycles. The van der Waals surface area contributed by atoms with Gasteiger partial charge in [-0.05, 0) is 42.9 Å². The summed E-state index contributed by atoms with van der Waals surface area (Å²) in [6, 6.07) is 5.47. The van der Waals surface area contributed by atoms with Crippen LogP contribution in [-0.4, -0.2) is 0 Å². The zero-order valence-corrected chi connectivity index (χ0v) is 10.6. The summed E-state index contributed by atoms with van der Waals surface area (Å²) in [6.45, 7) is 2.03. The topological polar surface area (TPSA) is 0 Å². The van der Waals surface area contributed by atoms with Gasteiger partial charge in [0, 0.05) is 5.25 Å². The maximum absolute atomic E-state index is 13.8.